The number of likely N-dealkylation sites (tertiary alicyclic amines) is 1. The van der Waals surface area contributed by atoms with E-state index in [4.69, 9.17) is 9.47 Å². The molecule has 1 aromatic carbocycles. The van der Waals surface area contributed by atoms with Gasteiger partial charge in [0.2, 0.25) is 5.88 Å². The molecule has 3 rings (SSSR count). The Bertz CT molecular complexity index is 938. The molecule has 1 fully saturated rings. The van der Waals surface area contributed by atoms with E-state index in [1.807, 2.05) is 20.8 Å². The largest absolute Gasteiger partial charge is 0.481 e. The molecule has 172 valence electrons. The molecular weight excluding hydrogens is 415 g/mol. The molecule has 1 N–H and O–H groups in total. The SMILES string of the molecule is COc1ccc(NC(=O)N(c2cccc(F)c2)C2CCN(C(=O)OC(C)(C)C)CC2)cn1. The molecule has 0 unspecified atom stereocenters. The molecule has 2 heterocycles. The molecule has 0 bridgehead atoms. The number of carbonyl (C=O) groups is 2. The molecule has 3 amide bonds. The minimum Gasteiger partial charge on any atom is -0.481 e. The lowest BCUT2D eigenvalue weighted by molar-refractivity contribution is 0.0206. The monoisotopic (exact) mass is 444 g/mol. The van der Waals surface area contributed by atoms with E-state index in [9.17, 15) is 14.0 Å². The molecule has 9 heteroatoms. The quantitative estimate of drug-likeness (QED) is 0.741. The molecule has 32 heavy (non-hydrogen) atoms. The Kier molecular flexibility index (Phi) is 7.17. The number of pyridine rings is 1. The number of piperidine rings is 1. The highest BCUT2D eigenvalue weighted by atomic mass is 19.1. The lowest BCUT2D eigenvalue weighted by Gasteiger charge is -2.38. The fourth-order valence-corrected chi connectivity index (χ4v) is 3.51. The van der Waals surface area contributed by atoms with Gasteiger partial charge in [-0.25, -0.2) is 19.0 Å². The number of rotatable bonds is 4. The number of hydrogen-bond donors (Lipinski definition) is 1. The number of amides is 3. The fourth-order valence-electron chi connectivity index (χ4n) is 3.51. The number of ether oxygens (including phenoxy) is 2. The number of aromatic nitrogens is 1. The van der Waals surface area contributed by atoms with Gasteiger partial charge in [0.25, 0.3) is 0 Å². The summed E-state index contributed by atoms with van der Waals surface area (Å²) in [4.78, 5) is 32.9. The summed E-state index contributed by atoms with van der Waals surface area (Å²) in [5.74, 6) is -0.00268. The topological polar surface area (TPSA) is 84.0 Å². The molecule has 0 spiro atoms. The van der Waals surface area contributed by atoms with Crippen molar-refractivity contribution in [2.75, 3.05) is 30.4 Å². The zero-order valence-electron chi connectivity index (χ0n) is 18.8. The molecule has 0 atom stereocenters. The number of urea groups is 1. The van der Waals surface area contributed by atoms with Crippen LogP contribution >= 0.6 is 0 Å². The summed E-state index contributed by atoms with van der Waals surface area (Å²) in [6, 6.07) is 8.61. The van der Waals surface area contributed by atoms with E-state index in [2.05, 4.69) is 10.3 Å². The van der Waals surface area contributed by atoms with Gasteiger partial charge in [-0.05, 0) is 57.9 Å². The number of halogens is 1. The van der Waals surface area contributed by atoms with Crippen LogP contribution in [-0.2, 0) is 4.74 Å². The average Bonchev–Trinajstić information content (AvgIpc) is 2.74. The number of nitrogens with zero attached hydrogens (tertiary/aromatic N) is 3. The summed E-state index contributed by atoms with van der Waals surface area (Å²) >= 11 is 0. The third-order valence-corrected chi connectivity index (χ3v) is 4.98. The van der Waals surface area contributed by atoms with Crippen LogP contribution in [0.5, 0.6) is 5.88 Å². The van der Waals surface area contributed by atoms with Crippen molar-refractivity contribution in [1.29, 1.82) is 0 Å². The first kappa shape index (κ1) is 23.3. The Morgan fingerprint density at radius 2 is 1.91 bits per heavy atom. The van der Waals surface area contributed by atoms with Crippen LogP contribution in [0.25, 0.3) is 0 Å². The third-order valence-electron chi connectivity index (χ3n) is 4.98. The molecule has 8 nitrogen and oxygen atoms in total. The van der Waals surface area contributed by atoms with Crippen molar-refractivity contribution in [3.05, 3.63) is 48.4 Å². The summed E-state index contributed by atoms with van der Waals surface area (Å²) in [5, 5.41) is 2.81. The lowest BCUT2D eigenvalue weighted by atomic mass is 10.0. The molecule has 0 saturated carbocycles. The standard InChI is InChI=1S/C23H29FN4O4/c1-23(2,3)32-22(30)27-12-10-18(11-13-27)28(19-7-5-6-16(24)14-19)21(29)26-17-8-9-20(31-4)25-15-17/h5-9,14-15,18H,10-13H2,1-4H3,(H,26,29). The minimum atomic E-state index is -0.576. The van der Waals surface area contributed by atoms with Gasteiger partial charge in [0.1, 0.15) is 11.4 Å². The van der Waals surface area contributed by atoms with Gasteiger partial charge in [-0.3, -0.25) is 4.90 Å². The van der Waals surface area contributed by atoms with E-state index in [0.717, 1.165) is 0 Å². The molecule has 2 aromatic rings. The van der Waals surface area contributed by atoms with Crippen LogP contribution in [0, 0.1) is 5.82 Å². The second-order valence-corrected chi connectivity index (χ2v) is 8.57. The number of benzene rings is 1. The van der Waals surface area contributed by atoms with E-state index in [0.29, 0.717) is 43.2 Å². The number of carbonyl (C=O) groups excluding carboxylic acids is 2. The number of methoxy groups -OCH3 is 1. The van der Waals surface area contributed by atoms with Crippen molar-refractivity contribution in [3.8, 4) is 5.88 Å². The molecule has 1 aliphatic rings. The van der Waals surface area contributed by atoms with Gasteiger partial charge in [0, 0.05) is 30.9 Å². The van der Waals surface area contributed by atoms with Gasteiger partial charge in [-0.15, -0.1) is 0 Å². The van der Waals surface area contributed by atoms with Crippen molar-refractivity contribution in [1.82, 2.24) is 9.88 Å². The number of nitrogens with one attached hydrogen (secondary N) is 1. The molecule has 0 radical (unpaired) electrons. The van der Waals surface area contributed by atoms with Gasteiger partial charge < -0.3 is 19.7 Å². The Hall–Kier alpha value is -3.36. The second kappa shape index (κ2) is 9.84. The smallest absolute Gasteiger partial charge is 0.410 e. The van der Waals surface area contributed by atoms with Crippen LogP contribution in [0.4, 0.5) is 25.4 Å². The normalized spacial score (nSPS) is 14.6. The Morgan fingerprint density at radius 1 is 1.19 bits per heavy atom. The minimum absolute atomic E-state index is 0.221. The maximum Gasteiger partial charge on any atom is 0.410 e. The highest BCUT2D eigenvalue weighted by Gasteiger charge is 2.32. The average molecular weight is 445 g/mol. The van der Waals surface area contributed by atoms with Gasteiger partial charge in [-0.2, -0.15) is 0 Å². The van der Waals surface area contributed by atoms with Crippen molar-refractivity contribution in [2.45, 2.75) is 45.3 Å². The van der Waals surface area contributed by atoms with Crippen LogP contribution in [0.2, 0.25) is 0 Å². The highest BCUT2D eigenvalue weighted by Crippen LogP contribution is 2.26. The molecule has 1 aromatic heterocycles. The summed E-state index contributed by atoms with van der Waals surface area (Å²) < 4.78 is 24.4. The summed E-state index contributed by atoms with van der Waals surface area (Å²) in [6.07, 6.45) is 2.18. The van der Waals surface area contributed by atoms with Crippen LogP contribution in [0.15, 0.2) is 42.6 Å². The molecule has 1 aliphatic heterocycles. The zero-order valence-corrected chi connectivity index (χ0v) is 18.8. The number of anilines is 2. The highest BCUT2D eigenvalue weighted by molar-refractivity contribution is 6.02. The van der Waals surface area contributed by atoms with Crippen molar-refractivity contribution in [3.63, 3.8) is 0 Å². The van der Waals surface area contributed by atoms with E-state index in [1.165, 1.54) is 25.4 Å². The van der Waals surface area contributed by atoms with Gasteiger partial charge in [0.15, 0.2) is 0 Å². The lowest BCUT2D eigenvalue weighted by Crippen LogP contribution is -2.51. The van der Waals surface area contributed by atoms with Crippen molar-refractivity contribution in [2.24, 2.45) is 0 Å². The fraction of sp³-hybridized carbons (Fsp3) is 0.435. The zero-order chi connectivity index (χ0) is 23.3. The Balaban J connectivity index is 1.75. The van der Waals surface area contributed by atoms with Crippen LogP contribution in [0.1, 0.15) is 33.6 Å². The third kappa shape index (κ3) is 6.09. The van der Waals surface area contributed by atoms with Gasteiger partial charge in [0.05, 0.1) is 19.0 Å². The Morgan fingerprint density at radius 3 is 2.47 bits per heavy atom. The predicted molar refractivity (Wildman–Crippen MR) is 120 cm³/mol. The first-order valence-corrected chi connectivity index (χ1v) is 10.5. The van der Waals surface area contributed by atoms with Gasteiger partial charge >= 0.3 is 12.1 Å². The van der Waals surface area contributed by atoms with E-state index < -0.39 is 17.4 Å². The molecule has 1 saturated heterocycles. The van der Waals surface area contributed by atoms with E-state index in [-0.39, 0.29) is 12.1 Å². The molecule has 0 aliphatic carbocycles. The maximum absolute atomic E-state index is 13.9. The second-order valence-electron chi connectivity index (χ2n) is 8.57. The van der Waals surface area contributed by atoms with Gasteiger partial charge in [-0.1, -0.05) is 6.07 Å². The number of hydrogen-bond acceptors (Lipinski definition) is 5. The first-order chi connectivity index (χ1) is 15.2. The van der Waals surface area contributed by atoms with E-state index >= 15 is 0 Å². The Labute approximate surface area is 187 Å². The summed E-state index contributed by atoms with van der Waals surface area (Å²) in [6.45, 7) is 6.33. The van der Waals surface area contributed by atoms with Crippen LogP contribution < -0.4 is 15.0 Å². The first-order valence-electron chi connectivity index (χ1n) is 10.5. The van der Waals surface area contributed by atoms with E-state index in [1.54, 1.807) is 34.1 Å². The maximum atomic E-state index is 13.9. The van der Waals surface area contributed by atoms with Crippen LogP contribution in [-0.4, -0.2) is 53.9 Å². The summed E-state index contributed by atoms with van der Waals surface area (Å²) in [7, 11) is 1.51. The van der Waals surface area contributed by atoms with Crippen LogP contribution in [0.3, 0.4) is 0 Å². The molecular formula is C23H29FN4O4. The van der Waals surface area contributed by atoms with Crippen molar-refractivity contribution < 1.29 is 23.5 Å². The predicted octanol–water partition coefficient (Wildman–Crippen LogP) is 4.67. The van der Waals surface area contributed by atoms with Crippen molar-refractivity contribution >= 4 is 23.5 Å². The summed E-state index contributed by atoms with van der Waals surface area (Å²) in [5.41, 5.74) is 0.358.